The molecule has 0 unspecified atom stereocenters. The highest BCUT2D eigenvalue weighted by Gasteiger charge is 2.33. The maximum atomic E-state index is 12.1. The van der Waals surface area contributed by atoms with Gasteiger partial charge >= 0.3 is 5.97 Å². The van der Waals surface area contributed by atoms with E-state index in [-0.39, 0.29) is 24.5 Å². The van der Waals surface area contributed by atoms with E-state index in [1.165, 1.54) is 16.7 Å². The highest BCUT2D eigenvalue weighted by Crippen LogP contribution is 2.42. The van der Waals surface area contributed by atoms with Crippen molar-refractivity contribution in [3.8, 4) is 5.75 Å². The summed E-state index contributed by atoms with van der Waals surface area (Å²) in [6.45, 7) is 5.93. The Morgan fingerprint density at radius 1 is 1.16 bits per heavy atom. The van der Waals surface area contributed by atoms with E-state index in [2.05, 4.69) is 58.5 Å². The van der Waals surface area contributed by atoms with Crippen molar-refractivity contribution in [3.63, 3.8) is 0 Å². The number of carboxylic acids is 1. The Hall–Kier alpha value is -3.71. The first-order valence-electron chi connectivity index (χ1n) is 13.5. The van der Waals surface area contributed by atoms with Crippen LogP contribution >= 0.6 is 0 Å². The van der Waals surface area contributed by atoms with Crippen LogP contribution in [-0.2, 0) is 24.8 Å². The molecule has 7 nitrogen and oxygen atoms in total. The number of fused-ring (bicyclic) bond motifs is 3. The van der Waals surface area contributed by atoms with E-state index < -0.39 is 5.97 Å². The molecule has 196 valence electrons. The Balaban J connectivity index is 1.39. The molecule has 2 heterocycles. The summed E-state index contributed by atoms with van der Waals surface area (Å²) >= 11 is 0. The van der Waals surface area contributed by atoms with Crippen molar-refractivity contribution in [2.24, 2.45) is 7.05 Å². The SMILES string of the molecule is CC[C@@H]1CN([C@@H]2CCc3ccc([C@@H](CC(=O)O)c4ccc5c(nnn5C)c4C)cc32)Cc2ccccc2O1. The fraction of sp³-hybridized carbons (Fsp3) is 0.387. The van der Waals surface area contributed by atoms with Gasteiger partial charge in [0.1, 0.15) is 17.4 Å². The van der Waals surface area contributed by atoms with Crippen molar-refractivity contribution in [1.82, 2.24) is 19.9 Å². The zero-order valence-electron chi connectivity index (χ0n) is 22.2. The lowest BCUT2D eigenvalue weighted by Crippen LogP contribution is -2.34. The van der Waals surface area contributed by atoms with Crippen LogP contribution < -0.4 is 4.74 Å². The van der Waals surface area contributed by atoms with Crippen molar-refractivity contribution in [2.75, 3.05) is 6.54 Å². The Kier molecular flexibility index (Phi) is 6.40. The number of carboxylic acid groups (broad SMARTS) is 1. The number of aliphatic carboxylic acids is 1. The number of carbonyl (C=O) groups is 1. The van der Waals surface area contributed by atoms with Crippen LogP contribution in [-0.4, -0.2) is 43.6 Å². The second kappa shape index (κ2) is 9.87. The number of para-hydroxylation sites is 1. The second-order valence-corrected chi connectivity index (χ2v) is 10.7. The Morgan fingerprint density at radius 3 is 2.82 bits per heavy atom. The van der Waals surface area contributed by atoms with E-state index in [4.69, 9.17) is 4.74 Å². The minimum absolute atomic E-state index is 0.0267. The van der Waals surface area contributed by atoms with Crippen molar-refractivity contribution < 1.29 is 14.6 Å². The molecule has 0 saturated carbocycles. The normalized spacial score (nSPS) is 20.0. The van der Waals surface area contributed by atoms with E-state index in [0.717, 1.165) is 65.8 Å². The number of benzene rings is 3. The van der Waals surface area contributed by atoms with Crippen molar-refractivity contribution in [2.45, 2.75) is 64.1 Å². The monoisotopic (exact) mass is 510 g/mol. The predicted molar refractivity (Wildman–Crippen MR) is 146 cm³/mol. The van der Waals surface area contributed by atoms with Crippen LogP contribution in [0.5, 0.6) is 5.75 Å². The van der Waals surface area contributed by atoms with Gasteiger partial charge in [0.2, 0.25) is 0 Å². The molecule has 1 aliphatic carbocycles. The molecule has 4 aromatic rings. The molecule has 7 heteroatoms. The Morgan fingerprint density at radius 2 is 2.00 bits per heavy atom. The van der Waals surface area contributed by atoms with Gasteiger partial charge in [0.25, 0.3) is 0 Å². The third-order valence-electron chi connectivity index (χ3n) is 8.43. The molecule has 3 atom stereocenters. The quantitative estimate of drug-likeness (QED) is 0.367. The first kappa shape index (κ1) is 24.6. The van der Waals surface area contributed by atoms with Crippen LogP contribution in [0.4, 0.5) is 0 Å². The molecule has 0 saturated heterocycles. The minimum atomic E-state index is -0.808. The number of nitrogens with zero attached hydrogens (tertiary/aromatic N) is 4. The summed E-state index contributed by atoms with van der Waals surface area (Å²) in [6, 6.07) is 19.3. The molecular formula is C31H34N4O3. The summed E-state index contributed by atoms with van der Waals surface area (Å²) in [5.74, 6) is -0.0787. The minimum Gasteiger partial charge on any atom is -0.489 e. The third-order valence-corrected chi connectivity index (χ3v) is 8.43. The third kappa shape index (κ3) is 4.35. The van der Waals surface area contributed by atoms with E-state index >= 15 is 0 Å². The maximum Gasteiger partial charge on any atom is 0.304 e. The van der Waals surface area contributed by atoms with Gasteiger partial charge in [-0.25, -0.2) is 4.68 Å². The lowest BCUT2D eigenvalue weighted by Gasteiger charge is -2.30. The lowest BCUT2D eigenvalue weighted by molar-refractivity contribution is -0.137. The van der Waals surface area contributed by atoms with Gasteiger partial charge < -0.3 is 9.84 Å². The summed E-state index contributed by atoms with van der Waals surface area (Å²) in [5, 5.41) is 18.4. The molecule has 0 fully saturated rings. The first-order valence-corrected chi connectivity index (χ1v) is 13.5. The molecular weight excluding hydrogens is 476 g/mol. The molecule has 0 bridgehead atoms. The van der Waals surface area contributed by atoms with E-state index in [1.807, 2.05) is 32.2 Å². The smallest absolute Gasteiger partial charge is 0.304 e. The summed E-state index contributed by atoms with van der Waals surface area (Å²) in [7, 11) is 1.87. The van der Waals surface area contributed by atoms with Crippen molar-refractivity contribution in [1.29, 1.82) is 0 Å². The molecule has 1 N–H and O–H groups in total. The lowest BCUT2D eigenvalue weighted by atomic mass is 9.84. The average Bonchev–Trinajstić information content (AvgIpc) is 3.45. The van der Waals surface area contributed by atoms with E-state index in [1.54, 1.807) is 4.68 Å². The van der Waals surface area contributed by atoms with Gasteiger partial charge in [-0.3, -0.25) is 9.69 Å². The zero-order chi connectivity index (χ0) is 26.4. The summed E-state index contributed by atoms with van der Waals surface area (Å²) < 4.78 is 8.13. The largest absolute Gasteiger partial charge is 0.489 e. The number of rotatable bonds is 6. The zero-order valence-corrected chi connectivity index (χ0v) is 22.2. The molecule has 1 aliphatic heterocycles. The van der Waals surface area contributed by atoms with Gasteiger partial charge in [0.15, 0.2) is 0 Å². The Labute approximate surface area is 223 Å². The molecule has 38 heavy (non-hydrogen) atoms. The molecule has 1 aromatic heterocycles. The Bertz CT molecular complexity index is 1510. The molecule has 0 spiro atoms. The van der Waals surface area contributed by atoms with Gasteiger partial charge in [-0.05, 0) is 66.1 Å². The number of aryl methyl sites for hydroxylation is 3. The van der Waals surface area contributed by atoms with Crippen LogP contribution in [0.1, 0.15) is 71.5 Å². The highest BCUT2D eigenvalue weighted by molar-refractivity contribution is 5.80. The van der Waals surface area contributed by atoms with Gasteiger partial charge in [0, 0.05) is 37.7 Å². The second-order valence-electron chi connectivity index (χ2n) is 10.7. The number of ether oxygens (including phenoxy) is 1. The topological polar surface area (TPSA) is 80.5 Å². The van der Waals surface area contributed by atoms with Gasteiger partial charge in [-0.2, -0.15) is 0 Å². The van der Waals surface area contributed by atoms with Crippen molar-refractivity contribution >= 4 is 17.0 Å². The fourth-order valence-corrected chi connectivity index (χ4v) is 6.36. The summed E-state index contributed by atoms with van der Waals surface area (Å²) in [5.41, 5.74) is 8.72. The van der Waals surface area contributed by atoms with Gasteiger partial charge in [-0.15, -0.1) is 5.10 Å². The van der Waals surface area contributed by atoms with Gasteiger partial charge in [-0.1, -0.05) is 54.6 Å². The maximum absolute atomic E-state index is 12.1. The van der Waals surface area contributed by atoms with Crippen LogP contribution in [0.25, 0.3) is 11.0 Å². The first-order chi connectivity index (χ1) is 18.4. The standard InChI is InChI=1S/C31H34N4O3/c1-4-23-18-35(17-22-7-5-6-8-29(22)38-23)27-13-11-20-9-10-21(15-26(20)27)25(16-30(36)37)24-12-14-28-31(19(24)2)32-33-34(28)3/h5-10,12,14-15,23,25,27H,4,11,13,16-18H2,1-3H3,(H,36,37)/t23-,25-,27-/m1/s1. The van der Waals surface area contributed by atoms with Crippen LogP contribution in [0.15, 0.2) is 54.6 Å². The van der Waals surface area contributed by atoms with Crippen molar-refractivity contribution in [3.05, 3.63) is 88.0 Å². The highest BCUT2D eigenvalue weighted by atomic mass is 16.5. The van der Waals surface area contributed by atoms with E-state index in [0.29, 0.717) is 0 Å². The molecule has 0 radical (unpaired) electrons. The van der Waals surface area contributed by atoms with E-state index in [9.17, 15) is 9.90 Å². The molecule has 6 rings (SSSR count). The predicted octanol–water partition coefficient (Wildman–Crippen LogP) is 5.54. The number of hydrogen-bond acceptors (Lipinski definition) is 5. The van der Waals surface area contributed by atoms with Crippen LogP contribution in [0.3, 0.4) is 0 Å². The molecule has 2 aliphatic rings. The number of hydrogen-bond donors (Lipinski definition) is 1. The molecule has 0 amide bonds. The molecule has 3 aromatic carbocycles. The van der Waals surface area contributed by atoms with Crippen LogP contribution in [0.2, 0.25) is 0 Å². The number of aromatic nitrogens is 3. The average molecular weight is 511 g/mol. The fourth-order valence-electron chi connectivity index (χ4n) is 6.36. The van der Waals surface area contributed by atoms with Gasteiger partial charge in [0.05, 0.1) is 11.9 Å². The summed E-state index contributed by atoms with van der Waals surface area (Å²) in [4.78, 5) is 14.6. The van der Waals surface area contributed by atoms with Crippen LogP contribution in [0, 0.1) is 6.92 Å². The summed E-state index contributed by atoms with van der Waals surface area (Å²) in [6.07, 6.45) is 3.22.